The summed E-state index contributed by atoms with van der Waals surface area (Å²) >= 11 is 0. The molecule has 0 atom stereocenters. The predicted molar refractivity (Wildman–Crippen MR) is 57.2 cm³/mol. The van der Waals surface area contributed by atoms with Crippen LogP contribution in [0.4, 0.5) is 0 Å². The Kier molecular flexibility index (Phi) is 4.65. The van der Waals surface area contributed by atoms with E-state index in [-0.39, 0.29) is 11.1 Å². The minimum atomic E-state index is -0.222. The number of rotatable bonds is 0. The summed E-state index contributed by atoms with van der Waals surface area (Å²) in [5, 5.41) is 8.68. The molecule has 0 aliphatic carbocycles. The first-order chi connectivity index (χ1) is 6.57. The van der Waals surface area contributed by atoms with Crippen LogP contribution in [0.25, 0.3) is 0 Å². The molecule has 1 aromatic heterocycles. The van der Waals surface area contributed by atoms with Gasteiger partial charge in [-0.15, -0.1) is 0 Å². The van der Waals surface area contributed by atoms with E-state index in [1.807, 2.05) is 26.8 Å². The Bertz CT molecular complexity index is 411. The molecule has 0 N–H and O–H groups in total. The molecule has 3 nitrogen and oxygen atoms in total. The molecule has 0 amide bonds. The van der Waals surface area contributed by atoms with Gasteiger partial charge in [0.2, 0.25) is 0 Å². The Morgan fingerprint density at radius 2 is 1.86 bits per heavy atom. The summed E-state index contributed by atoms with van der Waals surface area (Å²) in [4.78, 5) is 11.3. The van der Waals surface area contributed by atoms with Gasteiger partial charge in [-0.1, -0.05) is 13.8 Å². The molecule has 14 heavy (non-hydrogen) atoms. The van der Waals surface area contributed by atoms with Gasteiger partial charge in [-0.05, 0) is 25.0 Å². The maximum absolute atomic E-state index is 11.3. The summed E-state index contributed by atoms with van der Waals surface area (Å²) in [6, 6.07) is 1.91. The number of hydrogen-bond acceptors (Lipinski definition) is 2. The van der Waals surface area contributed by atoms with Gasteiger partial charge in [0.1, 0.15) is 11.6 Å². The van der Waals surface area contributed by atoms with Crippen molar-refractivity contribution in [3.05, 3.63) is 33.2 Å². The minimum absolute atomic E-state index is 0.222. The van der Waals surface area contributed by atoms with Gasteiger partial charge in [0.15, 0.2) is 0 Å². The van der Waals surface area contributed by atoms with Crippen LogP contribution in [0.15, 0.2) is 11.0 Å². The average Bonchev–Trinajstić information content (AvgIpc) is 2.19. The van der Waals surface area contributed by atoms with E-state index in [0.717, 1.165) is 11.1 Å². The first-order valence-corrected chi connectivity index (χ1v) is 4.65. The fraction of sp³-hybridized carbons (Fsp3) is 0.455. The molecule has 1 heterocycles. The van der Waals surface area contributed by atoms with Gasteiger partial charge < -0.3 is 4.57 Å². The molecular weight excluding hydrogens is 176 g/mol. The summed E-state index contributed by atoms with van der Waals surface area (Å²) < 4.78 is 1.43. The molecular formula is C11H16N2O. The molecule has 0 aliphatic rings. The second-order valence-electron chi connectivity index (χ2n) is 2.84. The van der Waals surface area contributed by atoms with Gasteiger partial charge in [-0.3, -0.25) is 4.79 Å². The third-order valence-electron chi connectivity index (χ3n) is 2.00. The van der Waals surface area contributed by atoms with Gasteiger partial charge in [-0.25, -0.2) is 0 Å². The van der Waals surface area contributed by atoms with Crippen LogP contribution in [-0.2, 0) is 7.05 Å². The molecule has 3 heteroatoms. The third-order valence-corrected chi connectivity index (χ3v) is 2.00. The smallest absolute Gasteiger partial charge is 0.268 e. The molecule has 0 radical (unpaired) electrons. The summed E-state index contributed by atoms with van der Waals surface area (Å²) in [5.74, 6) is 0. The van der Waals surface area contributed by atoms with Crippen molar-refractivity contribution in [1.82, 2.24) is 4.57 Å². The van der Waals surface area contributed by atoms with Gasteiger partial charge >= 0.3 is 0 Å². The topological polar surface area (TPSA) is 45.8 Å². The summed E-state index contributed by atoms with van der Waals surface area (Å²) in [6.45, 7) is 7.67. The number of nitrogens with zero attached hydrogens (tertiary/aromatic N) is 2. The molecule has 0 bridgehead atoms. The number of nitriles is 1. The maximum Gasteiger partial charge on any atom is 0.268 e. The highest BCUT2D eigenvalue weighted by molar-refractivity contribution is 5.38. The monoisotopic (exact) mass is 192 g/mol. The maximum atomic E-state index is 11.3. The van der Waals surface area contributed by atoms with Crippen LogP contribution in [0.2, 0.25) is 0 Å². The van der Waals surface area contributed by atoms with E-state index in [1.165, 1.54) is 4.57 Å². The molecule has 0 aromatic carbocycles. The van der Waals surface area contributed by atoms with Crippen molar-refractivity contribution in [1.29, 1.82) is 5.26 Å². The lowest BCUT2D eigenvalue weighted by molar-refractivity contribution is 0.841. The van der Waals surface area contributed by atoms with E-state index in [2.05, 4.69) is 0 Å². The Morgan fingerprint density at radius 1 is 1.36 bits per heavy atom. The summed E-state index contributed by atoms with van der Waals surface area (Å²) in [7, 11) is 1.65. The van der Waals surface area contributed by atoms with Crippen LogP contribution in [-0.4, -0.2) is 4.57 Å². The second-order valence-corrected chi connectivity index (χ2v) is 2.84. The van der Waals surface area contributed by atoms with Gasteiger partial charge in [0.05, 0.1) is 0 Å². The van der Waals surface area contributed by atoms with Gasteiger partial charge in [-0.2, -0.15) is 5.26 Å². The quantitative estimate of drug-likeness (QED) is 0.630. The van der Waals surface area contributed by atoms with Crippen molar-refractivity contribution in [3.63, 3.8) is 0 Å². The Labute approximate surface area is 84.6 Å². The normalized spacial score (nSPS) is 8.57. The van der Waals surface area contributed by atoms with Crippen molar-refractivity contribution in [2.45, 2.75) is 27.7 Å². The summed E-state index contributed by atoms with van der Waals surface area (Å²) in [6.07, 6.45) is 1.73. The number of hydrogen-bond donors (Lipinski definition) is 0. The Morgan fingerprint density at radius 3 is 2.29 bits per heavy atom. The highest BCUT2D eigenvalue weighted by Gasteiger charge is 2.06. The molecule has 0 aliphatic heterocycles. The van der Waals surface area contributed by atoms with Crippen molar-refractivity contribution in [2.75, 3.05) is 0 Å². The van der Waals surface area contributed by atoms with Crippen molar-refractivity contribution >= 4 is 0 Å². The zero-order valence-corrected chi connectivity index (χ0v) is 9.38. The van der Waals surface area contributed by atoms with E-state index < -0.39 is 0 Å². The third kappa shape index (κ3) is 2.23. The molecule has 0 fully saturated rings. The Balaban J connectivity index is 0.000000791. The zero-order valence-electron chi connectivity index (χ0n) is 9.38. The fourth-order valence-corrected chi connectivity index (χ4v) is 1.11. The van der Waals surface area contributed by atoms with Gasteiger partial charge in [0.25, 0.3) is 5.56 Å². The minimum Gasteiger partial charge on any atom is -0.317 e. The second kappa shape index (κ2) is 5.23. The van der Waals surface area contributed by atoms with Crippen molar-refractivity contribution in [3.8, 4) is 6.07 Å². The predicted octanol–water partition coefficient (Wildman–Crippen LogP) is 1.90. The SMILES string of the molecule is CC.Cc1cn(C)c(=O)c(C#N)c1C. The molecule has 0 saturated carbocycles. The molecule has 0 spiro atoms. The van der Waals surface area contributed by atoms with Crippen LogP contribution in [0, 0.1) is 25.2 Å². The number of pyridine rings is 1. The number of aromatic nitrogens is 1. The summed E-state index contributed by atoms with van der Waals surface area (Å²) in [5.41, 5.74) is 1.77. The van der Waals surface area contributed by atoms with E-state index in [4.69, 9.17) is 5.26 Å². The van der Waals surface area contributed by atoms with Gasteiger partial charge in [0, 0.05) is 13.2 Å². The molecule has 0 unspecified atom stereocenters. The van der Waals surface area contributed by atoms with Crippen LogP contribution in [0.1, 0.15) is 30.5 Å². The first kappa shape index (κ1) is 12.4. The Hall–Kier alpha value is -1.56. The van der Waals surface area contributed by atoms with E-state index in [1.54, 1.807) is 20.2 Å². The fourth-order valence-electron chi connectivity index (χ4n) is 1.11. The lowest BCUT2D eigenvalue weighted by Gasteiger charge is -2.04. The molecule has 1 aromatic rings. The highest BCUT2D eigenvalue weighted by Crippen LogP contribution is 2.06. The highest BCUT2D eigenvalue weighted by atomic mass is 16.1. The van der Waals surface area contributed by atoms with E-state index >= 15 is 0 Å². The molecule has 76 valence electrons. The van der Waals surface area contributed by atoms with Crippen LogP contribution in [0.3, 0.4) is 0 Å². The number of aryl methyl sites for hydroxylation is 2. The largest absolute Gasteiger partial charge is 0.317 e. The lowest BCUT2D eigenvalue weighted by atomic mass is 10.1. The van der Waals surface area contributed by atoms with E-state index in [9.17, 15) is 4.79 Å². The van der Waals surface area contributed by atoms with Crippen LogP contribution in [0.5, 0.6) is 0 Å². The van der Waals surface area contributed by atoms with E-state index in [0.29, 0.717) is 0 Å². The van der Waals surface area contributed by atoms with Crippen molar-refractivity contribution in [2.24, 2.45) is 7.05 Å². The average molecular weight is 192 g/mol. The van der Waals surface area contributed by atoms with Crippen LogP contribution < -0.4 is 5.56 Å². The standard InChI is InChI=1S/C9H10N2O.C2H6/c1-6-5-11(3)9(12)8(4-10)7(6)2;1-2/h5H,1-3H3;1-2H3. The molecule has 1 rings (SSSR count). The van der Waals surface area contributed by atoms with Crippen LogP contribution >= 0.6 is 0 Å². The zero-order chi connectivity index (χ0) is 11.3. The van der Waals surface area contributed by atoms with Crippen molar-refractivity contribution < 1.29 is 0 Å². The lowest BCUT2D eigenvalue weighted by Crippen LogP contribution is -2.21. The first-order valence-electron chi connectivity index (χ1n) is 4.65. The molecule has 0 saturated heterocycles.